The van der Waals surface area contributed by atoms with E-state index in [2.05, 4.69) is 20.2 Å². The fourth-order valence-corrected chi connectivity index (χ4v) is 2.39. The molecule has 2 aromatic rings. The molecule has 112 valence electrons. The molecule has 1 aromatic carbocycles. The topological polar surface area (TPSA) is 104 Å². The molecule has 1 heterocycles. The van der Waals surface area contributed by atoms with Gasteiger partial charge in [0.25, 0.3) is 5.91 Å². The van der Waals surface area contributed by atoms with Crippen LogP contribution in [-0.2, 0) is 10.0 Å². The zero-order valence-corrected chi connectivity index (χ0v) is 12.8. The summed E-state index contributed by atoms with van der Waals surface area (Å²) in [6, 6.07) is 4.44. The van der Waals surface area contributed by atoms with Crippen molar-refractivity contribution in [2.45, 2.75) is 6.92 Å². The summed E-state index contributed by atoms with van der Waals surface area (Å²) in [5.74, 6) is -0.389. The lowest BCUT2D eigenvalue weighted by molar-refractivity contribution is 0.102. The molecule has 0 unspecified atom stereocenters. The summed E-state index contributed by atoms with van der Waals surface area (Å²) < 4.78 is 24.7. The predicted molar refractivity (Wildman–Crippen MR) is 81.2 cm³/mol. The van der Waals surface area contributed by atoms with Crippen molar-refractivity contribution in [2.24, 2.45) is 0 Å². The van der Waals surface area contributed by atoms with E-state index < -0.39 is 10.0 Å². The van der Waals surface area contributed by atoms with Gasteiger partial charge in [-0.2, -0.15) is 5.10 Å². The highest BCUT2D eigenvalue weighted by Crippen LogP contribution is 2.26. The number of aromatic amines is 1. The molecule has 2 rings (SSSR count). The van der Waals surface area contributed by atoms with Crippen LogP contribution < -0.4 is 10.0 Å². The zero-order chi connectivity index (χ0) is 15.6. The van der Waals surface area contributed by atoms with Gasteiger partial charge in [0, 0.05) is 5.69 Å². The van der Waals surface area contributed by atoms with Crippen molar-refractivity contribution >= 4 is 38.9 Å². The smallest absolute Gasteiger partial charge is 0.259 e. The lowest BCUT2D eigenvalue weighted by Crippen LogP contribution is -2.14. The second-order valence-electron chi connectivity index (χ2n) is 4.43. The van der Waals surface area contributed by atoms with Crippen molar-refractivity contribution < 1.29 is 13.2 Å². The highest BCUT2D eigenvalue weighted by molar-refractivity contribution is 7.92. The Bertz CT molecular complexity index is 786. The van der Waals surface area contributed by atoms with E-state index in [-0.39, 0.29) is 5.91 Å². The normalized spacial score (nSPS) is 11.2. The van der Waals surface area contributed by atoms with Gasteiger partial charge >= 0.3 is 0 Å². The third-order valence-corrected chi connectivity index (χ3v) is 3.53. The number of sulfonamides is 1. The molecule has 7 nitrogen and oxygen atoms in total. The van der Waals surface area contributed by atoms with E-state index in [9.17, 15) is 13.2 Å². The Labute approximate surface area is 126 Å². The van der Waals surface area contributed by atoms with Gasteiger partial charge in [-0.15, -0.1) is 0 Å². The molecule has 1 aromatic heterocycles. The molecule has 3 N–H and O–H groups in total. The monoisotopic (exact) mass is 328 g/mol. The summed E-state index contributed by atoms with van der Waals surface area (Å²) in [6.07, 6.45) is 2.44. The SMILES string of the molecule is Cc1[nH]ncc1C(=O)Nc1cc(NS(C)(=O)=O)ccc1Cl. The van der Waals surface area contributed by atoms with Gasteiger partial charge in [-0.3, -0.25) is 14.6 Å². The van der Waals surface area contributed by atoms with E-state index in [1.807, 2.05) is 0 Å². The highest BCUT2D eigenvalue weighted by atomic mass is 35.5. The van der Waals surface area contributed by atoms with Gasteiger partial charge in [0.2, 0.25) is 10.0 Å². The lowest BCUT2D eigenvalue weighted by atomic mass is 10.2. The minimum atomic E-state index is -3.41. The minimum absolute atomic E-state index is 0.295. The largest absolute Gasteiger partial charge is 0.320 e. The lowest BCUT2D eigenvalue weighted by Gasteiger charge is -2.10. The van der Waals surface area contributed by atoms with Crippen LogP contribution in [0, 0.1) is 6.92 Å². The Hall–Kier alpha value is -2.06. The molecule has 0 spiro atoms. The van der Waals surface area contributed by atoms with Crippen LogP contribution in [0.5, 0.6) is 0 Å². The third-order valence-electron chi connectivity index (χ3n) is 2.59. The van der Waals surface area contributed by atoms with Crippen molar-refractivity contribution in [2.75, 3.05) is 16.3 Å². The van der Waals surface area contributed by atoms with Gasteiger partial charge in [-0.25, -0.2) is 8.42 Å². The van der Waals surface area contributed by atoms with Crippen LogP contribution in [0.3, 0.4) is 0 Å². The van der Waals surface area contributed by atoms with Crippen LogP contribution in [0.2, 0.25) is 5.02 Å². The van der Waals surface area contributed by atoms with Crippen LogP contribution in [0.1, 0.15) is 16.1 Å². The van der Waals surface area contributed by atoms with E-state index in [4.69, 9.17) is 11.6 Å². The Balaban J connectivity index is 2.25. The summed E-state index contributed by atoms with van der Waals surface area (Å²) in [5.41, 5.74) is 1.61. The highest BCUT2D eigenvalue weighted by Gasteiger charge is 2.13. The first-order valence-corrected chi connectivity index (χ1v) is 8.12. The standard InChI is InChI=1S/C12H13ClN4O3S/c1-7-9(6-14-16-7)12(18)15-11-5-8(3-4-10(11)13)17-21(2,19)20/h3-6,17H,1-2H3,(H,14,16)(H,15,18). The summed E-state index contributed by atoms with van der Waals surface area (Å²) in [4.78, 5) is 12.1. The molecule has 1 amide bonds. The number of rotatable bonds is 4. The Morgan fingerprint density at radius 2 is 2.10 bits per heavy atom. The molecule has 0 fully saturated rings. The number of aromatic nitrogens is 2. The molecule has 21 heavy (non-hydrogen) atoms. The number of carbonyl (C=O) groups excluding carboxylic acids is 1. The number of benzene rings is 1. The van der Waals surface area contributed by atoms with Crippen molar-refractivity contribution in [1.82, 2.24) is 10.2 Å². The first-order valence-electron chi connectivity index (χ1n) is 5.85. The molecule has 0 radical (unpaired) electrons. The van der Waals surface area contributed by atoms with E-state index in [0.29, 0.717) is 27.7 Å². The second-order valence-corrected chi connectivity index (χ2v) is 6.59. The number of amides is 1. The van der Waals surface area contributed by atoms with Crippen LogP contribution in [-0.4, -0.2) is 30.8 Å². The average molecular weight is 329 g/mol. The zero-order valence-electron chi connectivity index (χ0n) is 11.3. The fourth-order valence-electron chi connectivity index (χ4n) is 1.67. The number of halogens is 1. The van der Waals surface area contributed by atoms with Gasteiger partial charge in [0.05, 0.1) is 34.4 Å². The Kier molecular flexibility index (Phi) is 4.19. The average Bonchev–Trinajstić information content (AvgIpc) is 2.78. The molecule has 0 aliphatic heterocycles. The number of hydrogen-bond donors (Lipinski definition) is 3. The number of H-pyrrole nitrogens is 1. The maximum atomic E-state index is 12.1. The number of nitrogens with zero attached hydrogens (tertiary/aromatic N) is 1. The molecule has 0 aliphatic carbocycles. The van der Waals surface area contributed by atoms with Crippen molar-refractivity contribution in [1.29, 1.82) is 0 Å². The summed E-state index contributed by atoms with van der Waals surface area (Å²) >= 11 is 6.00. The van der Waals surface area contributed by atoms with Gasteiger partial charge in [0.15, 0.2) is 0 Å². The van der Waals surface area contributed by atoms with Crippen molar-refractivity contribution in [3.63, 3.8) is 0 Å². The van der Waals surface area contributed by atoms with Crippen LogP contribution in [0.4, 0.5) is 11.4 Å². The Morgan fingerprint density at radius 1 is 1.38 bits per heavy atom. The first-order chi connectivity index (χ1) is 9.76. The van der Waals surface area contributed by atoms with Gasteiger partial charge in [-0.1, -0.05) is 11.6 Å². The number of nitrogens with one attached hydrogen (secondary N) is 3. The number of carbonyl (C=O) groups is 1. The quantitative estimate of drug-likeness (QED) is 0.798. The molecule has 0 atom stereocenters. The van der Waals surface area contributed by atoms with Gasteiger partial charge in [0.1, 0.15) is 0 Å². The molecule has 0 bridgehead atoms. The molecular formula is C12H13ClN4O3S. The van der Waals surface area contributed by atoms with Crippen LogP contribution >= 0.6 is 11.6 Å². The van der Waals surface area contributed by atoms with Crippen LogP contribution in [0.15, 0.2) is 24.4 Å². The van der Waals surface area contributed by atoms with Crippen LogP contribution in [0.25, 0.3) is 0 Å². The Morgan fingerprint density at radius 3 is 2.67 bits per heavy atom. The van der Waals surface area contributed by atoms with E-state index in [1.54, 1.807) is 6.92 Å². The van der Waals surface area contributed by atoms with E-state index in [0.717, 1.165) is 6.26 Å². The summed E-state index contributed by atoms with van der Waals surface area (Å²) in [6.45, 7) is 1.71. The number of anilines is 2. The summed E-state index contributed by atoms with van der Waals surface area (Å²) in [7, 11) is -3.41. The maximum Gasteiger partial charge on any atom is 0.259 e. The molecule has 0 saturated carbocycles. The molecular weight excluding hydrogens is 316 g/mol. The van der Waals surface area contributed by atoms with Crippen molar-refractivity contribution in [3.05, 3.63) is 40.7 Å². The number of hydrogen-bond acceptors (Lipinski definition) is 4. The molecule has 9 heteroatoms. The molecule has 0 saturated heterocycles. The minimum Gasteiger partial charge on any atom is -0.320 e. The predicted octanol–water partition coefficient (Wildman–Crippen LogP) is 2.00. The van der Waals surface area contributed by atoms with Crippen molar-refractivity contribution in [3.8, 4) is 0 Å². The maximum absolute atomic E-state index is 12.1. The second kappa shape index (κ2) is 5.74. The van der Waals surface area contributed by atoms with Gasteiger partial charge < -0.3 is 5.32 Å². The third kappa shape index (κ3) is 3.96. The summed E-state index contributed by atoms with van der Waals surface area (Å²) in [5, 5.41) is 9.33. The first kappa shape index (κ1) is 15.3. The molecule has 0 aliphatic rings. The number of aryl methyl sites for hydroxylation is 1. The van der Waals surface area contributed by atoms with Gasteiger partial charge in [-0.05, 0) is 25.1 Å². The fraction of sp³-hybridized carbons (Fsp3) is 0.167. The van der Waals surface area contributed by atoms with E-state index >= 15 is 0 Å². The van der Waals surface area contributed by atoms with E-state index in [1.165, 1.54) is 24.4 Å².